The summed E-state index contributed by atoms with van der Waals surface area (Å²) in [6.45, 7) is 2.49. The number of nitrogens with one attached hydrogen (secondary N) is 1. The van der Waals surface area contributed by atoms with Crippen LogP contribution in [0.15, 0.2) is 42.5 Å². The lowest BCUT2D eigenvalue weighted by molar-refractivity contribution is 0.0720. The van der Waals surface area contributed by atoms with Crippen molar-refractivity contribution in [1.82, 2.24) is 5.32 Å². The third kappa shape index (κ3) is 2.78. The van der Waals surface area contributed by atoms with Gasteiger partial charge in [-0.2, -0.15) is 0 Å². The zero-order valence-corrected chi connectivity index (χ0v) is 11.0. The molecule has 3 heteroatoms. The largest absolute Gasteiger partial charge is 0.379 e. The molecule has 0 bridgehead atoms. The first-order chi connectivity index (χ1) is 9.34. The first kappa shape index (κ1) is 12.6. The van der Waals surface area contributed by atoms with Gasteiger partial charge in [0.05, 0.1) is 13.2 Å². The van der Waals surface area contributed by atoms with Gasteiger partial charge in [0.25, 0.3) is 0 Å². The van der Waals surface area contributed by atoms with E-state index in [1.54, 1.807) is 0 Å². The quantitative estimate of drug-likeness (QED) is 0.885. The molecule has 3 rings (SSSR count). The van der Waals surface area contributed by atoms with Gasteiger partial charge in [0, 0.05) is 18.6 Å². The molecular weight excluding hydrogens is 236 g/mol. The van der Waals surface area contributed by atoms with E-state index < -0.39 is 0 Å². The van der Waals surface area contributed by atoms with Crippen LogP contribution in [-0.4, -0.2) is 25.8 Å². The van der Waals surface area contributed by atoms with Crippen molar-refractivity contribution in [2.45, 2.75) is 18.5 Å². The van der Waals surface area contributed by atoms with E-state index in [1.807, 2.05) is 0 Å². The number of ether oxygens (including phenoxy) is 1. The summed E-state index contributed by atoms with van der Waals surface area (Å²) < 4.78 is 5.49. The fourth-order valence-corrected chi connectivity index (χ4v) is 2.78. The second-order valence-corrected chi connectivity index (χ2v) is 5.14. The Morgan fingerprint density at radius 3 is 2.89 bits per heavy atom. The van der Waals surface area contributed by atoms with Gasteiger partial charge in [-0.25, -0.2) is 0 Å². The third-order valence-corrected chi connectivity index (χ3v) is 3.76. The summed E-state index contributed by atoms with van der Waals surface area (Å²) in [4.78, 5) is 0. The topological polar surface area (TPSA) is 47.3 Å². The van der Waals surface area contributed by atoms with Gasteiger partial charge in [0.1, 0.15) is 0 Å². The Balaban J connectivity index is 1.82. The molecule has 1 aliphatic rings. The number of benzene rings is 2. The monoisotopic (exact) mass is 256 g/mol. The second-order valence-electron chi connectivity index (χ2n) is 5.14. The smallest absolute Gasteiger partial charge is 0.0620 e. The predicted molar refractivity (Wildman–Crippen MR) is 78.1 cm³/mol. The van der Waals surface area contributed by atoms with E-state index in [9.17, 15) is 0 Å². The average molecular weight is 256 g/mol. The van der Waals surface area contributed by atoms with Gasteiger partial charge < -0.3 is 15.8 Å². The minimum absolute atomic E-state index is 0.0466. The molecule has 0 saturated carbocycles. The molecule has 0 aromatic heterocycles. The van der Waals surface area contributed by atoms with Crippen LogP contribution in [0.1, 0.15) is 18.0 Å². The van der Waals surface area contributed by atoms with Gasteiger partial charge in [-0.1, -0.05) is 42.5 Å². The Morgan fingerprint density at radius 1 is 1.21 bits per heavy atom. The molecule has 2 unspecified atom stereocenters. The third-order valence-electron chi connectivity index (χ3n) is 3.76. The zero-order chi connectivity index (χ0) is 13.1. The normalized spacial score (nSPS) is 21.4. The molecule has 0 aliphatic carbocycles. The average Bonchev–Trinajstić information content (AvgIpc) is 2.47. The molecule has 100 valence electrons. The number of morpholine rings is 1. The fourth-order valence-electron chi connectivity index (χ4n) is 2.78. The van der Waals surface area contributed by atoms with Gasteiger partial charge in [0.15, 0.2) is 0 Å². The molecule has 1 aliphatic heterocycles. The van der Waals surface area contributed by atoms with E-state index in [1.165, 1.54) is 16.3 Å². The Bertz CT molecular complexity index is 544. The second kappa shape index (κ2) is 5.70. The van der Waals surface area contributed by atoms with Crippen molar-refractivity contribution in [2.75, 3.05) is 19.8 Å². The molecule has 1 fully saturated rings. The lowest BCUT2D eigenvalue weighted by Gasteiger charge is -2.26. The van der Waals surface area contributed by atoms with Crippen LogP contribution in [0.4, 0.5) is 0 Å². The summed E-state index contributed by atoms with van der Waals surface area (Å²) >= 11 is 0. The van der Waals surface area contributed by atoms with Crippen LogP contribution in [0.25, 0.3) is 10.8 Å². The first-order valence-electron chi connectivity index (χ1n) is 6.89. The van der Waals surface area contributed by atoms with Crippen molar-refractivity contribution < 1.29 is 4.74 Å². The van der Waals surface area contributed by atoms with Crippen LogP contribution in [0.5, 0.6) is 0 Å². The van der Waals surface area contributed by atoms with Gasteiger partial charge in [-0.05, 0) is 22.8 Å². The standard InChI is InChI=1S/C16H20N2O/c17-16(10-13-11-19-9-8-18-13)15-7-3-5-12-4-1-2-6-14(12)15/h1-7,13,16,18H,8-11,17H2. The molecule has 0 spiro atoms. The summed E-state index contributed by atoms with van der Waals surface area (Å²) in [5, 5.41) is 5.97. The highest BCUT2D eigenvalue weighted by Crippen LogP contribution is 2.25. The van der Waals surface area contributed by atoms with Crippen molar-refractivity contribution in [3.63, 3.8) is 0 Å². The maximum Gasteiger partial charge on any atom is 0.0620 e. The van der Waals surface area contributed by atoms with E-state index in [-0.39, 0.29) is 6.04 Å². The van der Waals surface area contributed by atoms with Crippen LogP contribution in [0.2, 0.25) is 0 Å². The van der Waals surface area contributed by atoms with Crippen molar-refractivity contribution in [3.05, 3.63) is 48.0 Å². The van der Waals surface area contributed by atoms with Gasteiger partial charge in [-0.3, -0.25) is 0 Å². The maximum atomic E-state index is 6.40. The molecule has 1 heterocycles. The number of nitrogens with two attached hydrogens (primary N) is 1. The van der Waals surface area contributed by atoms with Crippen molar-refractivity contribution in [3.8, 4) is 0 Å². The summed E-state index contributed by atoms with van der Waals surface area (Å²) in [5.41, 5.74) is 7.62. The molecule has 2 aromatic rings. The minimum Gasteiger partial charge on any atom is -0.379 e. The van der Waals surface area contributed by atoms with Crippen LogP contribution in [-0.2, 0) is 4.74 Å². The number of hydrogen-bond donors (Lipinski definition) is 2. The molecular formula is C16H20N2O. The highest BCUT2D eigenvalue weighted by atomic mass is 16.5. The van der Waals surface area contributed by atoms with E-state index in [2.05, 4.69) is 47.8 Å². The van der Waals surface area contributed by atoms with E-state index >= 15 is 0 Å². The molecule has 0 amide bonds. The van der Waals surface area contributed by atoms with E-state index in [4.69, 9.17) is 10.5 Å². The number of fused-ring (bicyclic) bond motifs is 1. The van der Waals surface area contributed by atoms with Crippen molar-refractivity contribution >= 4 is 10.8 Å². The van der Waals surface area contributed by atoms with Crippen LogP contribution in [0.3, 0.4) is 0 Å². The number of hydrogen-bond acceptors (Lipinski definition) is 3. The van der Waals surface area contributed by atoms with Crippen LogP contribution < -0.4 is 11.1 Å². The molecule has 3 nitrogen and oxygen atoms in total. The summed E-state index contributed by atoms with van der Waals surface area (Å²) in [7, 11) is 0. The van der Waals surface area contributed by atoms with Gasteiger partial charge in [-0.15, -0.1) is 0 Å². The number of rotatable bonds is 3. The Hall–Kier alpha value is -1.42. The minimum atomic E-state index is 0.0466. The molecule has 3 N–H and O–H groups in total. The highest BCUT2D eigenvalue weighted by Gasteiger charge is 2.18. The van der Waals surface area contributed by atoms with E-state index in [0.29, 0.717) is 6.04 Å². The van der Waals surface area contributed by atoms with Gasteiger partial charge >= 0.3 is 0 Å². The molecule has 2 aromatic carbocycles. The van der Waals surface area contributed by atoms with E-state index in [0.717, 1.165) is 26.2 Å². The van der Waals surface area contributed by atoms with Crippen LogP contribution >= 0.6 is 0 Å². The molecule has 0 radical (unpaired) electrons. The maximum absolute atomic E-state index is 6.40. The zero-order valence-electron chi connectivity index (χ0n) is 11.0. The summed E-state index contributed by atoms with van der Waals surface area (Å²) in [5.74, 6) is 0. The lowest BCUT2D eigenvalue weighted by Crippen LogP contribution is -2.42. The predicted octanol–water partition coefficient (Wildman–Crippen LogP) is 2.22. The Labute approximate surface area is 113 Å². The lowest BCUT2D eigenvalue weighted by atomic mass is 9.95. The Morgan fingerprint density at radius 2 is 2.05 bits per heavy atom. The SMILES string of the molecule is NC(CC1COCCN1)c1cccc2ccccc12. The first-order valence-corrected chi connectivity index (χ1v) is 6.89. The molecule has 1 saturated heterocycles. The van der Waals surface area contributed by atoms with Crippen molar-refractivity contribution in [1.29, 1.82) is 0 Å². The summed E-state index contributed by atoms with van der Waals surface area (Å²) in [6, 6.07) is 15.2. The van der Waals surface area contributed by atoms with Crippen molar-refractivity contribution in [2.24, 2.45) is 5.73 Å². The van der Waals surface area contributed by atoms with Crippen LogP contribution in [0, 0.1) is 0 Å². The highest BCUT2D eigenvalue weighted by molar-refractivity contribution is 5.86. The fraction of sp³-hybridized carbons (Fsp3) is 0.375. The Kier molecular flexibility index (Phi) is 3.78. The van der Waals surface area contributed by atoms with Gasteiger partial charge in [0.2, 0.25) is 0 Å². The molecule has 19 heavy (non-hydrogen) atoms. The molecule has 2 atom stereocenters. The summed E-state index contributed by atoms with van der Waals surface area (Å²) in [6.07, 6.45) is 0.911.